The molecule has 3 atom stereocenters. The maximum atomic E-state index is 12.6. The Labute approximate surface area is 294 Å². The Bertz CT molecular complexity index is 1000. The predicted octanol–water partition coefficient (Wildman–Crippen LogP) is 9.87. The molecule has 0 saturated carbocycles. The van der Waals surface area contributed by atoms with E-state index in [4.69, 9.17) is 0 Å². The van der Waals surface area contributed by atoms with Crippen LogP contribution in [-0.2, 0) is 14.9 Å². The highest BCUT2D eigenvalue weighted by Crippen LogP contribution is 2.12. The molecule has 4 N–H and O–H groups in total. The van der Waals surface area contributed by atoms with Gasteiger partial charge in [-0.2, -0.15) is 8.42 Å². The minimum absolute atomic E-state index is 0.256. The van der Waals surface area contributed by atoms with E-state index in [-0.39, 0.29) is 6.42 Å². The number of rotatable bonds is 33. The van der Waals surface area contributed by atoms with E-state index in [2.05, 4.69) is 67.8 Å². The number of carbonyl (C=O) groups is 1. The third-order valence-electron chi connectivity index (χ3n) is 8.25. The zero-order valence-corrected chi connectivity index (χ0v) is 31.3. The van der Waals surface area contributed by atoms with Crippen molar-refractivity contribution in [2.24, 2.45) is 0 Å². The van der Waals surface area contributed by atoms with Crippen LogP contribution in [0.1, 0.15) is 162 Å². The van der Waals surface area contributed by atoms with E-state index < -0.39 is 40.0 Å². The van der Waals surface area contributed by atoms with Gasteiger partial charge in [0.1, 0.15) is 6.10 Å². The highest BCUT2D eigenvalue weighted by molar-refractivity contribution is 7.85. The minimum Gasteiger partial charge on any atom is -0.387 e. The first kappa shape index (κ1) is 46.0. The van der Waals surface area contributed by atoms with Gasteiger partial charge in [-0.05, 0) is 77.0 Å². The molecule has 0 rings (SSSR count). The molecular formula is C40H71NO6S. The van der Waals surface area contributed by atoms with Crippen LogP contribution in [-0.4, -0.2) is 53.1 Å². The molecule has 1 amide bonds. The minimum atomic E-state index is -4.46. The molecule has 0 radical (unpaired) electrons. The first-order chi connectivity index (χ1) is 23.2. The maximum Gasteiger partial charge on any atom is 0.267 e. The summed E-state index contributed by atoms with van der Waals surface area (Å²) < 4.78 is 32.4. The zero-order chi connectivity index (χ0) is 35.6. The second-order valence-electron chi connectivity index (χ2n) is 13.0. The van der Waals surface area contributed by atoms with Crippen molar-refractivity contribution in [1.29, 1.82) is 0 Å². The van der Waals surface area contributed by atoms with Gasteiger partial charge in [-0.1, -0.05) is 145 Å². The number of unbranched alkanes of at least 4 members (excludes halogenated alkanes) is 16. The van der Waals surface area contributed by atoms with Gasteiger partial charge in [0.15, 0.2) is 0 Å². The summed E-state index contributed by atoms with van der Waals surface area (Å²) in [4.78, 5) is 12.6. The summed E-state index contributed by atoms with van der Waals surface area (Å²) in [6.45, 7) is 4.45. The summed E-state index contributed by atoms with van der Waals surface area (Å²) in [6, 6.07) is -1.26. The van der Waals surface area contributed by atoms with E-state index in [9.17, 15) is 28.0 Å². The van der Waals surface area contributed by atoms with Crippen LogP contribution in [0.25, 0.3) is 0 Å². The number of amides is 1. The second kappa shape index (κ2) is 33.5. The molecule has 0 spiro atoms. The Morgan fingerprint density at radius 2 is 1.00 bits per heavy atom. The van der Waals surface area contributed by atoms with Crippen LogP contribution >= 0.6 is 0 Å². The van der Waals surface area contributed by atoms with Crippen molar-refractivity contribution in [1.82, 2.24) is 5.32 Å². The molecule has 0 aliphatic rings. The lowest BCUT2D eigenvalue weighted by Gasteiger charge is -2.22. The SMILES string of the molecule is CCCCC/C=C\C/C=C\CCCCCCCCC(O)C(=O)NC(CS(=O)(=O)O)C(O)/C=C/CC/C=C/CC/C=C/CCCCCCC. The molecule has 0 aromatic heterocycles. The van der Waals surface area contributed by atoms with Gasteiger partial charge in [-0.25, -0.2) is 0 Å². The fraction of sp³-hybridized carbons (Fsp3) is 0.725. The first-order valence-electron chi connectivity index (χ1n) is 19.1. The molecule has 8 heteroatoms. The molecule has 0 bridgehead atoms. The van der Waals surface area contributed by atoms with E-state index in [1.165, 1.54) is 63.9 Å². The van der Waals surface area contributed by atoms with Gasteiger partial charge in [0.25, 0.3) is 10.1 Å². The van der Waals surface area contributed by atoms with Gasteiger partial charge in [0.2, 0.25) is 5.91 Å². The fourth-order valence-electron chi connectivity index (χ4n) is 5.28. The van der Waals surface area contributed by atoms with Gasteiger partial charge in [-0.3, -0.25) is 9.35 Å². The summed E-state index contributed by atoms with van der Waals surface area (Å²) in [6.07, 6.45) is 42.7. The number of carbonyl (C=O) groups excluding carboxylic acids is 1. The highest BCUT2D eigenvalue weighted by atomic mass is 32.2. The van der Waals surface area contributed by atoms with Gasteiger partial charge in [0.05, 0.1) is 17.9 Å². The van der Waals surface area contributed by atoms with Crippen LogP contribution in [0.5, 0.6) is 0 Å². The zero-order valence-electron chi connectivity index (χ0n) is 30.5. The van der Waals surface area contributed by atoms with Crippen LogP contribution in [0.2, 0.25) is 0 Å². The van der Waals surface area contributed by atoms with E-state index in [0.29, 0.717) is 12.8 Å². The molecule has 278 valence electrons. The lowest BCUT2D eigenvalue weighted by Crippen LogP contribution is -2.50. The summed E-state index contributed by atoms with van der Waals surface area (Å²) in [5.41, 5.74) is 0. The van der Waals surface area contributed by atoms with E-state index in [0.717, 1.165) is 70.6 Å². The van der Waals surface area contributed by atoms with Gasteiger partial charge >= 0.3 is 0 Å². The van der Waals surface area contributed by atoms with Crippen molar-refractivity contribution in [3.63, 3.8) is 0 Å². The van der Waals surface area contributed by atoms with Crippen LogP contribution in [0.3, 0.4) is 0 Å². The number of hydrogen-bond donors (Lipinski definition) is 4. The summed E-state index contributed by atoms with van der Waals surface area (Å²) in [7, 11) is -4.46. The molecule has 0 aliphatic heterocycles. The Balaban J connectivity index is 4.20. The Hall–Kier alpha value is -2.00. The molecule has 3 unspecified atom stereocenters. The van der Waals surface area contributed by atoms with E-state index >= 15 is 0 Å². The third-order valence-corrected chi connectivity index (χ3v) is 9.03. The van der Waals surface area contributed by atoms with E-state index in [1.54, 1.807) is 6.08 Å². The third kappa shape index (κ3) is 32.5. The molecule has 0 fully saturated rings. The molecule has 0 aromatic carbocycles. The molecule has 0 aliphatic carbocycles. The maximum absolute atomic E-state index is 12.6. The second-order valence-corrected chi connectivity index (χ2v) is 14.5. The van der Waals surface area contributed by atoms with Gasteiger partial charge in [-0.15, -0.1) is 0 Å². The highest BCUT2D eigenvalue weighted by Gasteiger charge is 2.27. The van der Waals surface area contributed by atoms with Crippen molar-refractivity contribution in [2.45, 2.75) is 180 Å². The van der Waals surface area contributed by atoms with Crippen LogP contribution in [0, 0.1) is 0 Å². The summed E-state index contributed by atoms with van der Waals surface area (Å²) >= 11 is 0. The smallest absolute Gasteiger partial charge is 0.267 e. The topological polar surface area (TPSA) is 124 Å². The van der Waals surface area contributed by atoms with Crippen molar-refractivity contribution in [2.75, 3.05) is 5.75 Å². The quantitative estimate of drug-likeness (QED) is 0.0308. The largest absolute Gasteiger partial charge is 0.387 e. The molecule has 7 nitrogen and oxygen atoms in total. The summed E-state index contributed by atoms with van der Waals surface area (Å²) in [5.74, 6) is -1.58. The molecule has 0 saturated heterocycles. The predicted molar refractivity (Wildman–Crippen MR) is 204 cm³/mol. The first-order valence-corrected chi connectivity index (χ1v) is 20.7. The van der Waals surface area contributed by atoms with Crippen molar-refractivity contribution < 1.29 is 28.0 Å². The van der Waals surface area contributed by atoms with Crippen LogP contribution < -0.4 is 5.32 Å². The number of aliphatic hydroxyl groups is 2. The average molecular weight is 694 g/mol. The van der Waals surface area contributed by atoms with Crippen molar-refractivity contribution in [3.8, 4) is 0 Å². The summed E-state index contributed by atoms with van der Waals surface area (Å²) in [5, 5.41) is 23.3. The van der Waals surface area contributed by atoms with E-state index in [1.807, 2.05) is 0 Å². The molecule has 0 aromatic rings. The number of allylic oxidation sites excluding steroid dienone is 9. The average Bonchev–Trinajstić information content (AvgIpc) is 3.05. The van der Waals surface area contributed by atoms with Crippen molar-refractivity contribution in [3.05, 3.63) is 60.8 Å². The molecule has 0 heterocycles. The normalized spacial score (nSPS) is 14.7. The Morgan fingerprint density at radius 1 is 0.583 bits per heavy atom. The lowest BCUT2D eigenvalue weighted by molar-refractivity contribution is -0.130. The van der Waals surface area contributed by atoms with Crippen LogP contribution in [0.4, 0.5) is 0 Å². The standard InChI is InChI=1S/C40H71NO6S/c1-3-5-7-9-11-13-15-17-19-21-23-25-27-29-31-33-35-39(43)40(44)41-37(36-48(45,46)47)38(42)34-32-30-28-26-24-22-20-18-16-14-12-10-8-6-4-2/h11,13,16-19,24,26,32,34,37-39,42-43H,3-10,12,14-15,20-23,25,27-31,33,35-36H2,1-2H3,(H,41,44)(H,45,46,47)/b13-11-,18-16+,19-17-,26-24+,34-32+. The number of hydrogen-bond acceptors (Lipinski definition) is 5. The van der Waals surface area contributed by atoms with Crippen molar-refractivity contribution >= 4 is 16.0 Å². The van der Waals surface area contributed by atoms with Gasteiger partial charge in [0, 0.05) is 0 Å². The van der Waals surface area contributed by atoms with Gasteiger partial charge < -0.3 is 15.5 Å². The molecule has 48 heavy (non-hydrogen) atoms. The lowest BCUT2D eigenvalue weighted by atomic mass is 10.0. The van der Waals surface area contributed by atoms with Crippen LogP contribution in [0.15, 0.2) is 60.8 Å². The number of aliphatic hydroxyl groups excluding tert-OH is 2. The monoisotopic (exact) mass is 694 g/mol. The Kier molecular flexibility index (Phi) is 32.1. The fourth-order valence-corrected chi connectivity index (χ4v) is 6.01. The number of nitrogens with one attached hydrogen (secondary N) is 1. The molecular weight excluding hydrogens is 623 g/mol. The Morgan fingerprint density at radius 3 is 1.54 bits per heavy atom.